The van der Waals surface area contributed by atoms with Crippen molar-refractivity contribution in [2.75, 3.05) is 0 Å². The fourth-order valence-electron chi connectivity index (χ4n) is 0.879. The van der Waals surface area contributed by atoms with E-state index in [1.165, 1.54) is 5.57 Å². The molecule has 0 saturated heterocycles. The summed E-state index contributed by atoms with van der Waals surface area (Å²) < 4.78 is 0. The van der Waals surface area contributed by atoms with E-state index in [0.29, 0.717) is 0 Å². The Morgan fingerprint density at radius 1 is 1.30 bits per heavy atom. The molecule has 122 valence electrons. The number of allylic oxidation sites excluding steroid dienone is 5. The van der Waals surface area contributed by atoms with E-state index in [0.717, 1.165) is 19.3 Å². The van der Waals surface area contributed by atoms with Crippen molar-refractivity contribution in [1.29, 1.82) is 0 Å². The molecule has 5 heteroatoms. The van der Waals surface area contributed by atoms with E-state index in [1.807, 2.05) is 26.8 Å². The van der Waals surface area contributed by atoms with Gasteiger partial charge in [0.05, 0.1) is 0 Å². The molecule has 1 N–H and O–H groups in total. The van der Waals surface area contributed by atoms with Crippen molar-refractivity contribution in [3.8, 4) is 0 Å². The summed E-state index contributed by atoms with van der Waals surface area (Å²) in [7, 11) is 0. The molecule has 0 aromatic rings. The number of hydrogen-bond donors (Lipinski definition) is 0. The minimum Gasteiger partial charge on any atom is -1.00 e. The Morgan fingerprint density at radius 2 is 1.70 bits per heavy atom. The molecule has 0 heterocycles. The Kier molecular flexibility index (Phi) is 52.8. The minimum atomic E-state index is -0.250. The van der Waals surface area contributed by atoms with E-state index in [-0.39, 0.29) is 77.9 Å². The van der Waals surface area contributed by atoms with Crippen LogP contribution in [0.2, 0.25) is 0 Å². The summed E-state index contributed by atoms with van der Waals surface area (Å²) in [6, 6.07) is 0. The van der Waals surface area contributed by atoms with Gasteiger partial charge in [-0.05, 0) is 17.4 Å². The molecule has 20 heavy (non-hydrogen) atoms. The van der Waals surface area contributed by atoms with Crippen molar-refractivity contribution < 1.29 is 46.5 Å². The average molecular weight is 372 g/mol. The zero-order valence-corrected chi connectivity index (χ0v) is 15.9. The molecule has 0 aliphatic heterocycles. The van der Waals surface area contributed by atoms with Gasteiger partial charge in [0, 0.05) is 0 Å². The maximum absolute atomic E-state index is 6.94. The van der Waals surface area contributed by atoms with Crippen molar-refractivity contribution >= 4 is 11.0 Å². The summed E-state index contributed by atoms with van der Waals surface area (Å²) in [6.07, 6.45) is 12.7. The molecule has 0 radical (unpaired) electrons. The first-order chi connectivity index (χ1) is 6.43. The van der Waals surface area contributed by atoms with Gasteiger partial charge < -0.3 is 45.4 Å². The average Bonchev–Trinajstić information content (AvgIpc) is 2.49. The summed E-state index contributed by atoms with van der Waals surface area (Å²) in [4.78, 5) is 0. The Bertz CT molecular complexity index is 231. The first kappa shape index (κ1) is 42.8. The first-order valence-electron chi connectivity index (χ1n) is 5.05. The van der Waals surface area contributed by atoms with Gasteiger partial charge in [0.2, 0.25) is 0 Å². The number of halogens is 2. The Morgan fingerprint density at radius 3 is 1.95 bits per heavy atom. The van der Waals surface area contributed by atoms with Gasteiger partial charge in [0.1, 0.15) is 0 Å². The molecule has 1 aliphatic carbocycles. The third-order valence-corrected chi connectivity index (χ3v) is 1.38. The fraction of sp³-hybridized carbons (Fsp3) is 0.467. The van der Waals surface area contributed by atoms with Crippen LogP contribution < -0.4 is 24.8 Å². The Balaban J connectivity index is -0.0000000282. The predicted octanol–water partition coefficient (Wildman–Crippen LogP) is -2.07. The van der Waals surface area contributed by atoms with Gasteiger partial charge in [0.25, 0.3) is 0 Å². The van der Waals surface area contributed by atoms with Gasteiger partial charge in [-0.25, -0.2) is 11.6 Å². The Labute approximate surface area is 159 Å². The zero-order valence-electron chi connectivity index (χ0n) is 12.8. The quantitative estimate of drug-likeness (QED) is 0.309. The summed E-state index contributed by atoms with van der Waals surface area (Å²) in [5, 5.41) is 0. The smallest absolute Gasteiger partial charge is 1.00 e. The molecule has 0 saturated carbocycles. The molecule has 0 bridgehead atoms. The summed E-state index contributed by atoms with van der Waals surface area (Å²) in [5.41, 5.74) is 8.03. The van der Waals surface area contributed by atoms with E-state index in [2.05, 4.69) is 24.8 Å². The van der Waals surface area contributed by atoms with Crippen LogP contribution in [0.3, 0.4) is 0 Å². The van der Waals surface area contributed by atoms with Crippen molar-refractivity contribution in [2.24, 2.45) is 0 Å². The van der Waals surface area contributed by atoms with Crippen LogP contribution in [-0.4, -0.2) is 16.5 Å². The second kappa shape index (κ2) is 24.7. The van der Waals surface area contributed by atoms with Crippen LogP contribution in [0.25, 0.3) is 5.73 Å². The second-order valence-corrected chi connectivity index (χ2v) is 4.39. The van der Waals surface area contributed by atoms with E-state index >= 15 is 0 Å². The summed E-state index contributed by atoms with van der Waals surface area (Å²) in [6.45, 7) is 9.22. The molecule has 0 aromatic heterocycles. The molecule has 1 rings (SSSR count). The molecule has 0 unspecified atom stereocenters. The van der Waals surface area contributed by atoms with Crippen LogP contribution in [0.15, 0.2) is 30.4 Å². The van der Waals surface area contributed by atoms with Crippen molar-refractivity contribution in [3.63, 3.8) is 0 Å². The molecule has 0 amide bonds. The molecule has 0 spiro atoms. The Hall–Kier alpha value is 0.691. The van der Waals surface area contributed by atoms with E-state index in [1.54, 1.807) is 0 Å². The third-order valence-electron chi connectivity index (χ3n) is 1.38. The number of hydrogen-bond acceptors (Lipinski definition) is 0. The fourth-order valence-corrected chi connectivity index (χ4v) is 0.879. The van der Waals surface area contributed by atoms with E-state index in [9.17, 15) is 0 Å². The molecular formula is C15H31Cl2NSiTi-4. The van der Waals surface area contributed by atoms with Gasteiger partial charge in [-0.2, -0.15) is 6.08 Å². The van der Waals surface area contributed by atoms with Gasteiger partial charge in [-0.3, -0.25) is 6.08 Å². The van der Waals surface area contributed by atoms with Gasteiger partial charge >= 0.3 is 21.7 Å². The van der Waals surface area contributed by atoms with Crippen molar-refractivity contribution in [3.05, 3.63) is 57.0 Å². The van der Waals surface area contributed by atoms with Crippen LogP contribution in [0.4, 0.5) is 0 Å². The van der Waals surface area contributed by atoms with Crippen LogP contribution in [0, 0.1) is 20.9 Å². The van der Waals surface area contributed by atoms with E-state index < -0.39 is 0 Å². The SMILES string of the molecule is C=CCCC1=[C-]CC=C1.CC(C)(C)[NH-].[CH3-].[CH3-].[Cl-].[Cl-].[SiH4].[Ti+2]. The maximum atomic E-state index is 6.94. The third kappa shape index (κ3) is 42.8. The van der Waals surface area contributed by atoms with Crippen molar-refractivity contribution in [1.82, 2.24) is 0 Å². The van der Waals surface area contributed by atoms with Crippen LogP contribution >= 0.6 is 0 Å². The van der Waals surface area contributed by atoms with Gasteiger partial charge in [0.15, 0.2) is 0 Å². The molecule has 0 atom stereocenters. The zero-order chi connectivity index (χ0) is 11.0. The normalized spacial score (nSPS) is 10.1. The van der Waals surface area contributed by atoms with Crippen LogP contribution in [0.1, 0.15) is 40.0 Å². The largest absolute Gasteiger partial charge is 2.00 e. The predicted molar refractivity (Wildman–Crippen MR) is 88.2 cm³/mol. The molecular weight excluding hydrogens is 341 g/mol. The monoisotopic (exact) mass is 371 g/mol. The summed E-state index contributed by atoms with van der Waals surface area (Å²) in [5.74, 6) is 0. The number of nitrogens with one attached hydrogen (secondary N) is 1. The topological polar surface area (TPSA) is 23.8 Å². The number of rotatable bonds is 3. The van der Waals surface area contributed by atoms with Crippen LogP contribution in [-0.2, 0) is 21.7 Å². The van der Waals surface area contributed by atoms with Crippen LogP contribution in [0.5, 0.6) is 0 Å². The molecule has 1 nitrogen and oxygen atoms in total. The minimum absolute atomic E-state index is 0. The standard InChI is InChI=1S/C9H11.C4H10N.2CH3.2ClH.H4Si.Ti/c1-2-3-6-9-7-4-5-8-9;1-4(2,3)5;;;;;;/h2,4,7H,1,3,5-6H2;5H,1-3H3;2*1H3;2*1H;1H4;/q4*-1;;;;+2/p-2. The second-order valence-electron chi connectivity index (χ2n) is 4.39. The maximum Gasteiger partial charge on any atom is 2.00 e. The van der Waals surface area contributed by atoms with Gasteiger partial charge in [-0.1, -0.05) is 33.3 Å². The summed E-state index contributed by atoms with van der Waals surface area (Å²) >= 11 is 0. The molecule has 1 aliphatic rings. The molecule has 0 fully saturated rings. The van der Waals surface area contributed by atoms with E-state index in [4.69, 9.17) is 5.73 Å². The van der Waals surface area contributed by atoms with Gasteiger partial charge in [-0.15, -0.1) is 18.5 Å². The van der Waals surface area contributed by atoms with Crippen molar-refractivity contribution in [2.45, 2.75) is 45.6 Å². The first-order valence-corrected chi connectivity index (χ1v) is 5.05. The molecule has 0 aromatic carbocycles.